The Bertz CT molecular complexity index is 389. The van der Waals surface area contributed by atoms with Gasteiger partial charge in [0.05, 0.1) is 17.7 Å². The van der Waals surface area contributed by atoms with Crippen molar-refractivity contribution in [2.24, 2.45) is 0 Å². The molecule has 0 N–H and O–H groups in total. The second-order valence-corrected chi connectivity index (χ2v) is 4.36. The summed E-state index contributed by atoms with van der Waals surface area (Å²) in [6, 6.07) is 4.00. The van der Waals surface area contributed by atoms with Crippen LogP contribution < -0.4 is 0 Å². The molecule has 3 heteroatoms. The molecule has 2 unspecified atom stereocenters. The van der Waals surface area contributed by atoms with Gasteiger partial charge in [-0.05, 0) is 31.4 Å². The first-order valence-corrected chi connectivity index (χ1v) is 5.71. The number of hydrogen-bond donors (Lipinski definition) is 0. The van der Waals surface area contributed by atoms with Crippen LogP contribution in [0.15, 0.2) is 18.3 Å². The van der Waals surface area contributed by atoms with Crippen molar-refractivity contribution in [2.45, 2.75) is 38.2 Å². The minimum absolute atomic E-state index is 0.000243. The number of aromatic nitrogens is 1. The number of hydrogen-bond acceptors (Lipinski definition) is 3. The Morgan fingerprint density at radius 2 is 2.50 bits per heavy atom. The molecule has 1 aliphatic rings. The number of carbonyl (C=O) groups is 1. The van der Waals surface area contributed by atoms with E-state index in [0.717, 1.165) is 18.5 Å². The van der Waals surface area contributed by atoms with E-state index in [1.807, 2.05) is 13.0 Å². The van der Waals surface area contributed by atoms with Gasteiger partial charge in [-0.2, -0.15) is 0 Å². The summed E-state index contributed by atoms with van der Waals surface area (Å²) in [5, 5.41) is 0. The lowest BCUT2D eigenvalue weighted by atomic mass is 9.97. The molecule has 2 rings (SSSR count). The monoisotopic (exact) mass is 219 g/mol. The van der Waals surface area contributed by atoms with Crippen LogP contribution in [0.4, 0.5) is 0 Å². The highest BCUT2D eigenvalue weighted by molar-refractivity contribution is 5.86. The number of ketones is 1. The highest BCUT2D eigenvalue weighted by Crippen LogP contribution is 2.32. The fourth-order valence-corrected chi connectivity index (χ4v) is 2.23. The van der Waals surface area contributed by atoms with Crippen LogP contribution >= 0.6 is 0 Å². The van der Waals surface area contributed by atoms with Gasteiger partial charge in [-0.25, -0.2) is 0 Å². The van der Waals surface area contributed by atoms with E-state index in [0.29, 0.717) is 6.42 Å². The lowest BCUT2D eigenvalue weighted by Crippen LogP contribution is -2.18. The molecule has 0 radical (unpaired) electrons. The van der Waals surface area contributed by atoms with Crippen molar-refractivity contribution >= 4 is 5.78 Å². The standard InChI is InChI=1S/C13H17NO2/c1-9(16-2)8-12(15)11-6-5-10-4-3-7-14-13(10)11/h3-4,7,9,11H,5-6,8H2,1-2H3. The van der Waals surface area contributed by atoms with E-state index < -0.39 is 0 Å². The van der Waals surface area contributed by atoms with E-state index in [9.17, 15) is 4.79 Å². The topological polar surface area (TPSA) is 39.2 Å². The molecule has 0 amide bonds. The minimum atomic E-state index is -0.00574. The number of methoxy groups -OCH3 is 1. The summed E-state index contributed by atoms with van der Waals surface area (Å²) in [5.41, 5.74) is 2.21. The number of Topliss-reactive ketones (excluding diaryl/α,β-unsaturated/α-hetero) is 1. The molecular formula is C13H17NO2. The van der Waals surface area contributed by atoms with E-state index in [-0.39, 0.29) is 17.8 Å². The molecule has 1 aliphatic carbocycles. The Hall–Kier alpha value is -1.22. The lowest BCUT2D eigenvalue weighted by Gasteiger charge is -2.12. The molecule has 0 saturated carbocycles. The minimum Gasteiger partial charge on any atom is -0.381 e. The summed E-state index contributed by atoms with van der Waals surface area (Å²) in [6.07, 6.45) is 4.13. The molecule has 0 bridgehead atoms. The van der Waals surface area contributed by atoms with Gasteiger partial charge in [0.15, 0.2) is 0 Å². The van der Waals surface area contributed by atoms with Gasteiger partial charge >= 0.3 is 0 Å². The molecule has 1 heterocycles. The van der Waals surface area contributed by atoms with Crippen molar-refractivity contribution in [2.75, 3.05) is 7.11 Å². The maximum Gasteiger partial charge on any atom is 0.144 e. The maximum absolute atomic E-state index is 12.1. The third-order valence-corrected chi connectivity index (χ3v) is 3.24. The van der Waals surface area contributed by atoms with Gasteiger partial charge in [-0.1, -0.05) is 6.07 Å². The largest absolute Gasteiger partial charge is 0.381 e. The second-order valence-electron chi connectivity index (χ2n) is 4.36. The van der Waals surface area contributed by atoms with Crippen molar-refractivity contribution in [1.29, 1.82) is 0 Å². The Balaban J connectivity index is 2.10. The van der Waals surface area contributed by atoms with Crippen molar-refractivity contribution in [3.05, 3.63) is 29.6 Å². The van der Waals surface area contributed by atoms with Gasteiger partial charge in [0, 0.05) is 19.7 Å². The van der Waals surface area contributed by atoms with E-state index in [2.05, 4.69) is 11.1 Å². The number of pyridine rings is 1. The highest BCUT2D eigenvalue weighted by Gasteiger charge is 2.29. The van der Waals surface area contributed by atoms with Gasteiger partial charge in [0.1, 0.15) is 5.78 Å². The molecule has 16 heavy (non-hydrogen) atoms. The van der Waals surface area contributed by atoms with Crippen LogP contribution in [0.2, 0.25) is 0 Å². The van der Waals surface area contributed by atoms with Gasteiger partial charge in [0.25, 0.3) is 0 Å². The molecule has 0 spiro atoms. The Kier molecular flexibility index (Phi) is 3.34. The van der Waals surface area contributed by atoms with E-state index in [4.69, 9.17) is 4.74 Å². The predicted octanol–water partition coefficient (Wildman–Crippen LogP) is 2.11. The lowest BCUT2D eigenvalue weighted by molar-refractivity contribution is -0.122. The fraction of sp³-hybridized carbons (Fsp3) is 0.538. The molecule has 1 aromatic heterocycles. The first kappa shape index (κ1) is 11.3. The summed E-state index contributed by atoms with van der Waals surface area (Å²) in [4.78, 5) is 16.4. The summed E-state index contributed by atoms with van der Waals surface area (Å²) in [7, 11) is 1.64. The van der Waals surface area contributed by atoms with Crippen molar-refractivity contribution in [3.63, 3.8) is 0 Å². The fourth-order valence-electron chi connectivity index (χ4n) is 2.23. The number of ether oxygens (including phenoxy) is 1. The quantitative estimate of drug-likeness (QED) is 0.778. The normalized spacial score (nSPS) is 20.5. The van der Waals surface area contributed by atoms with E-state index >= 15 is 0 Å². The van der Waals surface area contributed by atoms with Crippen molar-refractivity contribution in [3.8, 4) is 0 Å². The average molecular weight is 219 g/mol. The molecule has 0 aromatic carbocycles. The number of rotatable bonds is 4. The molecule has 2 atom stereocenters. The third kappa shape index (κ3) is 2.14. The summed E-state index contributed by atoms with van der Waals surface area (Å²) in [6.45, 7) is 1.92. The zero-order valence-corrected chi connectivity index (χ0v) is 9.77. The van der Waals surface area contributed by atoms with Crippen LogP contribution in [-0.2, 0) is 16.0 Å². The first-order chi connectivity index (χ1) is 7.72. The van der Waals surface area contributed by atoms with Crippen molar-refractivity contribution < 1.29 is 9.53 Å². The Morgan fingerprint density at radius 3 is 3.25 bits per heavy atom. The van der Waals surface area contributed by atoms with Gasteiger partial charge in [0.2, 0.25) is 0 Å². The smallest absolute Gasteiger partial charge is 0.144 e. The zero-order chi connectivity index (χ0) is 11.5. The molecule has 1 aromatic rings. The molecule has 0 fully saturated rings. The van der Waals surface area contributed by atoms with Crippen LogP contribution in [0.25, 0.3) is 0 Å². The van der Waals surface area contributed by atoms with Crippen molar-refractivity contribution in [1.82, 2.24) is 4.98 Å². The van der Waals surface area contributed by atoms with E-state index in [1.54, 1.807) is 13.3 Å². The second kappa shape index (κ2) is 4.74. The third-order valence-electron chi connectivity index (χ3n) is 3.24. The van der Waals surface area contributed by atoms with Crippen LogP contribution in [0, 0.1) is 0 Å². The predicted molar refractivity (Wildman–Crippen MR) is 61.4 cm³/mol. The summed E-state index contributed by atoms with van der Waals surface area (Å²) < 4.78 is 5.13. The summed E-state index contributed by atoms with van der Waals surface area (Å²) in [5.74, 6) is 0.251. The SMILES string of the molecule is COC(C)CC(=O)C1CCc2cccnc21. The number of aryl methyl sites for hydroxylation is 1. The Labute approximate surface area is 95.8 Å². The first-order valence-electron chi connectivity index (χ1n) is 5.71. The van der Waals surface area contributed by atoms with E-state index in [1.165, 1.54) is 5.56 Å². The molecule has 0 aliphatic heterocycles. The van der Waals surface area contributed by atoms with Gasteiger partial charge < -0.3 is 4.74 Å². The highest BCUT2D eigenvalue weighted by atomic mass is 16.5. The number of nitrogens with zero attached hydrogens (tertiary/aromatic N) is 1. The Morgan fingerprint density at radius 1 is 1.69 bits per heavy atom. The molecule has 0 saturated heterocycles. The van der Waals surface area contributed by atoms with Gasteiger partial charge in [-0.15, -0.1) is 0 Å². The molecular weight excluding hydrogens is 202 g/mol. The van der Waals surface area contributed by atoms with Crippen LogP contribution in [-0.4, -0.2) is 24.0 Å². The van der Waals surface area contributed by atoms with Crippen LogP contribution in [0.1, 0.15) is 36.9 Å². The number of fused-ring (bicyclic) bond motifs is 1. The summed E-state index contributed by atoms with van der Waals surface area (Å²) >= 11 is 0. The average Bonchev–Trinajstić information content (AvgIpc) is 2.72. The molecule has 86 valence electrons. The number of carbonyl (C=O) groups excluding carboxylic acids is 1. The molecule has 3 nitrogen and oxygen atoms in total. The zero-order valence-electron chi connectivity index (χ0n) is 9.77. The van der Waals surface area contributed by atoms with Crippen LogP contribution in [0.3, 0.4) is 0 Å². The maximum atomic E-state index is 12.1. The van der Waals surface area contributed by atoms with Gasteiger partial charge in [-0.3, -0.25) is 9.78 Å². The van der Waals surface area contributed by atoms with Crippen LogP contribution in [0.5, 0.6) is 0 Å².